The van der Waals surface area contributed by atoms with Gasteiger partial charge in [-0.25, -0.2) is 5.84 Å². The van der Waals surface area contributed by atoms with Crippen LogP contribution in [0, 0.1) is 0 Å². The highest BCUT2D eigenvalue weighted by Crippen LogP contribution is 2.20. The summed E-state index contributed by atoms with van der Waals surface area (Å²) in [4.78, 5) is 12.3. The van der Waals surface area contributed by atoms with Gasteiger partial charge in [0.2, 0.25) is 11.9 Å². The van der Waals surface area contributed by atoms with E-state index >= 15 is 0 Å². The third-order valence-electron chi connectivity index (χ3n) is 2.28. The molecule has 1 aromatic heterocycles. The summed E-state index contributed by atoms with van der Waals surface area (Å²) in [6.07, 6.45) is 1.12. The summed E-state index contributed by atoms with van der Waals surface area (Å²) in [5, 5.41) is 3.26. The highest BCUT2D eigenvalue weighted by atomic mass is 32.2. The van der Waals surface area contributed by atoms with Crippen molar-refractivity contribution >= 4 is 23.7 Å². The van der Waals surface area contributed by atoms with Gasteiger partial charge in [-0.1, -0.05) is 0 Å². The first-order chi connectivity index (χ1) is 8.31. The van der Waals surface area contributed by atoms with Crippen LogP contribution in [0.5, 0.6) is 6.01 Å². The van der Waals surface area contributed by atoms with Crippen LogP contribution < -0.4 is 21.3 Å². The number of nitrogens with one attached hydrogen (secondary N) is 2. The number of thioether (sulfide) groups is 1. The van der Waals surface area contributed by atoms with Crippen molar-refractivity contribution in [2.45, 2.75) is 19.4 Å². The number of hydrazine groups is 1. The van der Waals surface area contributed by atoms with E-state index < -0.39 is 0 Å². The van der Waals surface area contributed by atoms with E-state index in [-0.39, 0.29) is 6.01 Å². The molecule has 1 saturated heterocycles. The molecule has 0 spiro atoms. The number of nitrogen functional groups attached to an aromatic ring is 1. The van der Waals surface area contributed by atoms with E-state index in [0.29, 0.717) is 24.5 Å². The Labute approximate surface area is 104 Å². The molecule has 1 aliphatic heterocycles. The first kappa shape index (κ1) is 12.2. The van der Waals surface area contributed by atoms with Gasteiger partial charge < -0.3 is 10.1 Å². The molecule has 7 nitrogen and oxygen atoms in total. The molecule has 94 valence electrons. The van der Waals surface area contributed by atoms with Crippen LogP contribution in [0.4, 0.5) is 11.9 Å². The molecule has 1 atom stereocenters. The average Bonchev–Trinajstić information content (AvgIpc) is 2.82. The Morgan fingerprint density at radius 2 is 2.24 bits per heavy atom. The fourth-order valence-electron chi connectivity index (χ4n) is 1.51. The minimum Gasteiger partial charge on any atom is -0.464 e. The Bertz CT molecular complexity index is 371. The Morgan fingerprint density at radius 3 is 2.88 bits per heavy atom. The van der Waals surface area contributed by atoms with Crippen molar-refractivity contribution in [3.8, 4) is 6.01 Å². The van der Waals surface area contributed by atoms with E-state index in [1.165, 1.54) is 5.75 Å². The van der Waals surface area contributed by atoms with Crippen molar-refractivity contribution in [1.82, 2.24) is 15.0 Å². The zero-order chi connectivity index (χ0) is 12.1. The fraction of sp³-hybridized carbons (Fsp3) is 0.667. The number of hydrogen-bond donors (Lipinski definition) is 3. The number of aromatic nitrogens is 3. The van der Waals surface area contributed by atoms with E-state index in [4.69, 9.17) is 10.6 Å². The van der Waals surface area contributed by atoms with E-state index in [1.807, 2.05) is 18.7 Å². The number of ether oxygens (including phenoxy) is 1. The molecular formula is C9H16N6OS. The van der Waals surface area contributed by atoms with Crippen molar-refractivity contribution in [2.75, 3.05) is 28.9 Å². The SMILES string of the molecule is CCOc1nc(NN)nc(NC2CCSC2)n1. The second-order valence-electron chi connectivity index (χ2n) is 3.55. The highest BCUT2D eigenvalue weighted by Gasteiger charge is 2.17. The summed E-state index contributed by atoms with van der Waals surface area (Å²) in [6.45, 7) is 2.38. The third kappa shape index (κ3) is 3.34. The van der Waals surface area contributed by atoms with E-state index in [2.05, 4.69) is 25.7 Å². The zero-order valence-electron chi connectivity index (χ0n) is 9.64. The van der Waals surface area contributed by atoms with Crippen LogP contribution in [0.15, 0.2) is 0 Å². The molecule has 1 fully saturated rings. The average molecular weight is 256 g/mol. The van der Waals surface area contributed by atoms with Crippen LogP contribution in [0.3, 0.4) is 0 Å². The van der Waals surface area contributed by atoms with Gasteiger partial charge >= 0.3 is 6.01 Å². The van der Waals surface area contributed by atoms with Crippen molar-refractivity contribution in [1.29, 1.82) is 0 Å². The number of nitrogens with two attached hydrogens (primary N) is 1. The topological polar surface area (TPSA) is 98.0 Å². The van der Waals surface area contributed by atoms with E-state index in [1.54, 1.807) is 0 Å². The molecular weight excluding hydrogens is 240 g/mol. The Hall–Kier alpha value is -1.28. The highest BCUT2D eigenvalue weighted by molar-refractivity contribution is 7.99. The van der Waals surface area contributed by atoms with Gasteiger partial charge in [-0.15, -0.1) is 0 Å². The Kier molecular flexibility index (Phi) is 4.21. The third-order valence-corrected chi connectivity index (χ3v) is 3.44. The van der Waals surface area contributed by atoms with E-state index in [9.17, 15) is 0 Å². The molecule has 17 heavy (non-hydrogen) atoms. The second kappa shape index (κ2) is 5.87. The number of hydrogen-bond acceptors (Lipinski definition) is 8. The van der Waals surface area contributed by atoms with Gasteiger partial charge in [-0.2, -0.15) is 26.7 Å². The maximum absolute atomic E-state index is 5.30. The van der Waals surface area contributed by atoms with Crippen molar-refractivity contribution in [3.63, 3.8) is 0 Å². The Balaban J connectivity index is 2.10. The summed E-state index contributed by atoms with van der Waals surface area (Å²) < 4.78 is 5.25. The van der Waals surface area contributed by atoms with Crippen LogP contribution in [-0.2, 0) is 0 Å². The maximum atomic E-state index is 5.30. The molecule has 0 saturated carbocycles. The number of rotatable bonds is 5. The van der Waals surface area contributed by atoms with Crippen LogP contribution in [0.25, 0.3) is 0 Å². The van der Waals surface area contributed by atoms with Crippen LogP contribution in [-0.4, -0.2) is 39.1 Å². The lowest BCUT2D eigenvalue weighted by atomic mass is 10.3. The molecule has 0 radical (unpaired) electrons. The monoisotopic (exact) mass is 256 g/mol. The quantitative estimate of drug-likeness (QED) is 0.516. The summed E-state index contributed by atoms with van der Waals surface area (Å²) in [5.41, 5.74) is 2.40. The van der Waals surface area contributed by atoms with Gasteiger partial charge in [0.25, 0.3) is 0 Å². The lowest BCUT2D eigenvalue weighted by Crippen LogP contribution is -2.21. The van der Waals surface area contributed by atoms with Gasteiger partial charge in [0.05, 0.1) is 6.61 Å². The normalized spacial score (nSPS) is 19.1. The maximum Gasteiger partial charge on any atom is 0.323 e. The van der Waals surface area contributed by atoms with Crippen molar-refractivity contribution < 1.29 is 4.74 Å². The van der Waals surface area contributed by atoms with Gasteiger partial charge in [-0.3, -0.25) is 5.43 Å². The smallest absolute Gasteiger partial charge is 0.323 e. The molecule has 0 amide bonds. The Morgan fingerprint density at radius 1 is 1.41 bits per heavy atom. The summed E-state index contributed by atoms with van der Waals surface area (Å²) in [6, 6.07) is 0.686. The predicted molar refractivity (Wildman–Crippen MR) is 68.2 cm³/mol. The molecule has 1 aromatic rings. The lowest BCUT2D eigenvalue weighted by molar-refractivity contribution is 0.312. The number of anilines is 2. The lowest BCUT2D eigenvalue weighted by Gasteiger charge is -2.12. The second-order valence-corrected chi connectivity index (χ2v) is 4.70. The van der Waals surface area contributed by atoms with Crippen LogP contribution in [0.1, 0.15) is 13.3 Å². The summed E-state index contributed by atoms with van der Waals surface area (Å²) in [5.74, 6) is 8.35. The molecule has 1 aliphatic rings. The predicted octanol–water partition coefficient (Wildman–Crippen LogP) is 0.473. The van der Waals surface area contributed by atoms with Gasteiger partial charge in [-0.05, 0) is 19.1 Å². The minimum atomic E-state index is 0.281. The van der Waals surface area contributed by atoms with Gasteiger partial charge in [0, 0.05) is 11.8 Å². The van der Waals surface area contributed by atoms with Gasteiger partial charge in [0.1, 0.15) is 0 Å². The summed E-state index contributed by atoms with van der Waals surface area (Å²) in [7, 11) is 0. The van der Waals surface area contributed by atoms with Crippen LogP contribution in [0.2, 0.25) is 0 Å². The van der Waals surface area contributed by atoms with Crippen LogP contribution >= 0.6 is 11.8 Å². The van der Waals surface area contributed by atoms with Crippen molar-refractivity contribution in [3.05, 3.63) is 0 Å². The standard InChI is InChI=1S/C9H16N6OS/c1-2-16-9-13-7(12-8(14-9)15-10)11-6-3-4-17-5-6/h6H,2-5,10H2,1H3,(H2,11,12,13,14,15). The first-order valence-electron chi connectivity index (χ1n) is 5.51. The molecule has 2 rings (SSSR count). The molecule has 0 bridgehead atoms. The molecule has 1 unspecified atom stereocenters. The zero-order valence-corrected chi connectivity index (χ0v) is 10.5. The van der Waals surface area contributed by atoms with Gasteiger partial charge in [0.15, 0.2) is 0 Å². The number of nitrogens with zero attached hydrogens (tertiary/aromatic N) is 3. The molecule has 2 heterocycles. The molecule has 4 N–H and O–H groups in total. The largest absolute Gasteiger partial charge is 0.464 e. The van der Waals surface area contributed by atoms with E-state index in [0.717, 1.165) is 12.2 Å². The fourth-order valence-corrected chi connectivity index (χ4v) is 2.66. The molecule has 0 aromatic carbocycles. The minimum absolute atomic E-state index is 0.281. The molecule has 0 aliphatic carbocycles. The first-order valence-corrected chi connectivity index (χ1v) is 6.67. The molecule has 8 heteroatoms. The van der Waals surface area contributed by atoms with Crippen molar-refractivity contribution in [2.24, 2.45) is 5.84 Å². The summed E-state index contributed by atoms with van der Waals surface area (Å²) >= 11 is 1.92.